The van der Waals surface area contributed by atoms with Crippen LogP contribution in [0.15, 0.2) is 48.5 Å². The van der Waals surface area contributed by atoms with Gasteiger partial charge in [0.15, 0.2) is 5.78 Å². The van der Waals surface area contributed by atoms with Crippen LogP contribution in [0.1, 0.15) is 10.4 Å². The molecule has 0 amide bonds. The van der Waals surface area contributed by atoms with E-state index >= 15 is 0 Å². The molecule has 2 aromatic rings. The van der Waals surface area contributed by atoms with Crippen LogP contribution in [0.3, 0.4) is 0 Å². The molecule has 0 saturated carbocycles. The number of carbonyl (C=O) groups is 1. The number of likely N-dealkylation sites (N-methyl/N-ethyl adjacent to an activating group) is 1. The van der Waals surface area contributed by atoms with Crippen molar-refractivity contribution < 1.29 is 13.9 Å². The second-order valence-corrected chi connectivity index (χ2v) is 4.49. The summed E-state index contributed by atoms with van der Waals surface area (Å²) in [6, 6.07) is 13.1. The number of hydrogen-bond donors (Lipinski definition) is 0. The molecule has 104 valence electrons. The smallest absolute Gasteiger partial charge is 0.182 e. The van der Waals surface area contributed by atoms with Gasteiger partial charge in [0.2, 0.25) is 0 Å². The summed E-state index contributed by atoms with van der Waals surface area (Å²) < 4.78 is 18.0. The Labute approximate surface area is 117 Å². The van der Waals surface area contributed by atoms with Crippen LogP contribution in [-0.2, 0) is 0 Å². The van der Waals surface area contributed by atoms with Crippen molar-refractivity contribution in [3.63, 3.8) is 0 Å². The lowest BCUT2D eigenvalue weighted by Crippen LogP contribution is -2.25. The van der Waals surface area contributed by atoms with Crippen molar-refractivity contribution in [3.05, 3.63) is 59.9 Å². The minimum atomic E-state index is -0.345. The molecule has 0 spiro atoms. The molecule has 0 saturated heterocycles. The molecule has 2 aromatic carbocycles. The predicted octanol–water partition coefficient (Wildman–Crippen LogP) is 3.15. The van der Waals surface area contributed by atoms with Gasteiger partial charge in [-0.2, -0.15) is 0 Å². The first-order valence-corrected chi connectivity index (χ1v) is 6.24. The number of ether oxygens (including phenoxy) is 1. The SMILES string of the molecule is COc1cccc(N(C)CC(=O)c2ccc(F)cc2)c1. The largest absolute Gasteiger partial charge is 0.497 e. The minimum Gasteiger partial charge on any atom is -0.497 e. The topological polar surface area (TPSA) is 29.5 Å². The molecule has 4 heteroatoms. The predicted molar refractivity (Wildman–Crippen MR) is 77.0 cm³/mol. The summed E-state index contributed by atoms with van der Waals surface area (Å²) in [5.41, 5.74) is 1.39. The van der Waals surface area contributed by atoms with Gasteiger partial charge in [-0.05, 0) is 36.4 Å². The maximum absolute atomic E-state index is 12.8. The summed E-state index contributed by atoms with van der Waals surface area (Å²) in [7, 11) is 3.43. The molecule has 0 fully saturated rings. The zero-order chi connectivity index (χ0) is 14.5. The monoisotopic (exact) mass is 273 g/mol. The van der Waals surface area contributed by atoms with E-state index in [1.807, 2.05) is 36.2 Å². The van der Waals surface area contributed by atoms with Crippen LogP contribution < -0.4 is 9.64 Å². The molecule has 0 heterocycles. The highest BCUT2D eigenvalue weighted by atomic mass is 19.1. The Hall–Kier alpha value is -2.36. The second-order valence-electron chi connectivity index (χ2n) is 4.49. The fourth-order valence-corrected chi connectivity index (χ4v) is 1.88. The molecule has 20 heavy (non-hydrogen) atoms. The first-order valence-electron chi connectivity index (χ1n) is 6.24. The first-order chi connectivity index (χ1) is 9.60. The number of carbonyl (C=O) groups excluding carboxylic acids is 1. The maximum atomic E-state index is 12.8. The van der Waals surface area contributed by atoms with Gasteiger partial charge in [-0.3, -0.25) is 4.79 Å². The van der Waals surface area contributed by atoms with Crippen molar-refractivity contribution >= 4 is 11.5 Å². The molecule has 0 unspecified atom stereocenters. The molecule has 2 rings (SSSR count). The van der Waals surface area contributed by atoms with Crippen LogP contribution in [-0.4, -0.2) is 26.5 Å². The molecule has 3 nitrogen and oxygen atoms in total. The Balaban J connectivity index is 2.08. The molecule has 0 bridgehead atoms. The van der Waals surface area contributed by atoms with Gasteiger partial charge in [-0.1, -0.05) is 6.07 Å². The summed E-state index contributed by atoms with van der Waals surface area (Å²) in [6.45, 7) is 0.221. The van der Waals surface area contributed by atoms with Gasteiger partial charge in [-0.15, -0.1) is 0 Å². The molecular weight excluding hydrogens is 257 g/mol. The zero-order valence-corrected chi connectivity index (χ0v) is 11.5. The lowest BCUT2D eigenvalue weighted by atomic mass is 10.1. The highest BCUT2D eigenvalue weighted by Gasteiger charge is 2.10. The first kappa shape index (κ1) is 14.1. The third kappa shape index (κ3) is 3.35. The van der Waals surface area contributed by atoms with E-state index < -0.39 is 0 Å². The highest BCUT2D eigenvalue weighted by molar-refractivity contribution is 5.99. The number of nitrogens with zero attached hydrogens (tertiary/aromatic N) is 1. The fraction of sp³-hybridized carbons (Fsp3) is 0.188. The Morgan fingerprint density at radius 1 is 1.20 bits per heavy atom. The van der Waals surface area contributed by atoms with Gasteiger partial charge in [0.25, 0.3) is 0 Å². The van der Waals surface area contributed by atoms with Crippen LogP contribution in [0.2, 0.25) is 0 Å². The van der Waals surface area contributed by atoms with Gasteiger partial charge in [0, 0.05) is 24.4 Å². The number of Topliss-reactive ketones (excluding diaryl/α,β-unsaturated/α-hetero) is 1. The lowest BCUT2D eigenvalue weighted by molar-refractivity contribution is 0.100. The van der Waals surface area contributed by atoms with Crippen LogP contribution >= 0.6 is 0 Å². The third-order valence-electron chi connectivity index (χ3n) is 3.04. The molecule has 0 aliphatic rings. The molecule has 0 aromatic heterocycles. The standard InChI is InChI=1S/C16H16FNO2/c1-18(14-4-3-5-15(10-14)20-2)11-16(19)12-6-8-13(17)9-7-12/h3-10H,11H2,1-2H3. The number of benzene rings is 2. The van der Waals surface area contributed by atoms with Gasteiger partial charge in [0.05, 0.1) is 13.7 Å². The Morgan fingerprint density at radius 2 is 1.90 bits per heavy atom. The minimum absolute atomic E-state index is 0.0599. The van der Waals surface area contributed by atoms with Gasteiger partial charge < -0.3 is 9.64 Å². The number of rotatable bonds is 5. The number of methoxy groups -OCH3 is 1. The van der Waals surface area contributed by atoms with Crippen molar-refractivity contribution in [2.24, 2.45) is 0 Å². The average Bonchev–Trinajstić information content (AvgIpc) is 2.47. The third-order valence-corrected chi connectivity index (χ3v) is 3.04. The summed E-state index contributed by atoms with van der Waals surface area (Å²) in [5.74, 6) is 0.335. The normalized spacial score (nSPS) is 10.2. The van der Waals surface area contributed by atoms with E-state index in [0.717, 1.165) is 11.4 Å². The van der Waals surface area contributed by atoms with E-state index in [9.17, 15) is 9.18 Å². The lowest BCUT2D eigenvalue weighted by Gasteiger charge is -2.19. The molecule has 0 atom stereocenters. The van der Waals surface area contributed by atoms with Gasteiger partial charge >= 0.3 is 0 Å². The van der Waals surface area contributed by atoms with Crippen molar-refractivity contribution in [2.75, 3.05) is 25.6 Å². The summed E-state index contributed by atoms with van der Waals surface area (Å²) in [4.78, 5) is 13.9. The number of ketones is 1. The van der Waals surface area contributed by atoms with Crippen molar-refractivity contribution in [3.8, 4) is 5.75 Å². The van der Waals surface area contributed by atoms with Crippen molar-refractivity contribution in [1.29, 1.82) is 0 Å². The van der Waals surface area contributed by atoms with E-state index in [4.69, 9.17) is 4.74 Å². The maximum Gasteiger partial charge on any atom is 0.182 e. The molecular formula is C16H16FNO2. The van der Waals surface area contributed by atoms with Crippen LogP contribution in [0, 0.1) is 5.82 Å². The Kier molecular flexibility index (Phi) is 4.35. The summed E-state index contributed by atoms with van der Waals surface area (Å²) in [5, 5.41) is 0. The van der Waals surface area contributed by atoms with Crippen LogP contribution in [0.4, 0.5) is 10.1 Å². The van der Waals surface area contributed by atoms with Gasteiger partial charge in [-0.25, -0.2) is 4.39 Å². The molecule has 0 radical (unpaired) electrons. The number of hydrogen-bond acceptors (Lipinski definition) is 3. The van der Waals surface area contributed by atoms with E-state index in [1.165, 1.54) is 24.3 Å². The molecule has 0 aliphatic carbocycles. The quantitative estimate of drug-likeness (QED) is 0.784. The highest BCUT2D eigenvalue weighted by Crippen LogP contribution is 2.20. The number of halogens is 1. The van der Waals surface area contributed by atoms with Crippen LogP contribution in [0.25, 0.3) is 0 Å². The van der Waals surface area contributed by atoms with Crippen LogP contribution in [0.5, 0.6) is 5.75 Å². The average molecular weight is 273 g/mol. The van der Waals surface area contributed by atoms with Crippen molar-refractivity contribution in [2.45, 2.75) is 0 Å². The van der Waals surface area contributed by atoms with Gasteiger partial charge in [0.1, 0.15) is 11.6 Å². The second kappa shape index (κ2) is 6.19. The molecule has 0 aliphatic heterocycles. The number of anilines is 1. The Bertz CT molecular complexity index is 596. The fourth-order valence-electron chi connectivity index (χ4n) is 1.88. The van der Waals surface area contributed by atoms with E-state index in [0.29, 0.717) is 5.56 Å². The van der Waals surface area contributed by atoms with Crippen molar-refractivity contribution in [1.82, 2.24) is 0 Å². The van der Waals surface area contributed by atoms with E-state index in [-0.39, 0.29) is 18.1 Å². The van der Waals surface area contributed by atoms with E-state index in [1.54, 1.807) is 7.11 Å². The zero-order valence-electron chi connectivity index (χ0n) is 11.5. The van der Waals surface area contributed by atoms with E-state index in [2.05, 4.69) is 0 Å². The summed E-state index contributed by atoms with van der Waals surface area (Å²) in [6.07, 6.45) is 0. The molecule has 0 N–H and O–H groups in total. The Morgan fingerprint density at radius 3 is 2.55 bits per heavy atom. The summed E-state index contributed by atoms with van der Waals surface area (Å²) >= 11 is 0.